The number of benzene rings is 1. The monoisotopic (exact) mass is 275 g/mol. The van der Waals surface area contributed by atoms with E-state index in [0.717, 1.165) is 31.5 Å². The fraction of sp³-hybridized carbons (Fsp3) is 0.467. The van der Waals surface area contributed by atoms with Gasteiger partial charge in [0.05, 0.1) is 0 Å². The fourth-order valence-electron chi connectivity index (χ4n) is 2.47. The summed E-state index contributed by atoms with van der Waals surface area (Å²) in [5.41, 5.74) is 6.58. The second-order valence-corrected chi connectivity index (χ2v) is 5.26. The van der Waals surface area contributed by atoms with Crippen LogP contribution in [-0.4, -0.2) is 24.9 Å². The zero-order valence-electron chi connectivity index (χ0n) is 11.5. The third-order valence-electron chi connectivity index (χ3n) is 3.57. The summed E-state index contributed by atoms with van der Waals surface area (Å²) in [6, 6.07) is 7.02. The van der Waals surface area contributed by atoms with E-state index in [-0.39, 0.29) is 5.91 Å². The molecule has 1 atom stereocenters. The summed E-state index contributed by atoms with van der Waals surface area (Å²) in [7, 11) is 0. The van der Waals surface area contributed by atoms with Gasteiger partial charge in [-0.1, -0.05) is 12.1 Å². The molecule has 5 heteroatoms. The average molecular weight is 275 g/mol. The minimum absolute atomic E-state index is 0.0585. The van der Waals surface area contributed by atoms with E-state index in [2.05, 4.69) is 10.6 Å². The fourth-order valence-corrected chi connectivity index (χ4v) is 2.47. The molecule has 1 heterocycles. The van der Waals surface area contributed by atoms with Crippen molar-refractivity contribution in [2.75, 3.05) is 13.1 Å². The zero-order valence-corrected chi connectivity index (χ0v) is 11.5. The Bertz CT molecular complexity index is 482. The lowest BCUT2D eigenvalue weighted by Gasteiger charge is -2.22. The lowest BCUT2D eigenvalue weighted by Crippen LogP contribution is -2.34. The topological polar surface area (TPSA) is 84.2 Å². The highest BCUT2D eigenvalue weighted by atomic mass is 16.1. The normalized spacial score (nSPS) is 18.5. The van der Waals surface area contributed by atoms with Crippen molar-refractivity contribution in [2.24, 2.45) is 11.7 Å². The summed E-state index contributed by atoms with van der Waals surface area (Å²) < 4.78 is 0. The number of piperidine rings is 1. The van der Waals surface area contributed by atoms with Crippen LogP contribution in [0.25, 0.3) is 0 Å². The van der Waals surface area contributed by atoms with Gasteiger partial charge in [-0.25, -0.2) is 0 Å². The van der Waals surface area contributed by atoms with Crippen LogP contribution in [0.3, 0.4) is 0 Å². The first-order chi connectivity index (χ1) is 9.65. The van der Waals surface area contributed by atoms with Crippen LogP contribution in [0.15, 0.2) is 24.3 Å². The van der Waals surface area contributed by atoms with Gasteiger partial charge in [-0.05, 0) is 49.5 Å². The molecule has 0 bridgehead atoms. The first kappa shape index (κ1) is 14.5. The number of carbonyl (C=O) groups excluding carboxylic acids is 2. The number of hydrogen-bond donors (Lipinski definition) is 3. The highest BCUT2D eigenvalue weighted by Gasteiger charge is 2.16. The lowest BCUT2D eigenvalue weighted by molar-refractivity contribution is -0.122. The Morgan fingerprint density at radius 3 is 2.95 bits per heavy atom. The maximum atomic E-state index is 11.9. The molecule has 0 aliphatic carbocycles. The summed E-state index contributed by atoms with van der Waals surface area (Å²) in [6.45, 7) is 2.41. The van der Waals surface area contributed by atoms with Crippen LogP contribution >= 0.6 is 0 Å². The van der Waals surface area contributed by atoms with Gasteiger partial charge in [0.1, 0.15) is 0 Å². The van der Waals surface area contributed by atoms with E-state index in [1.165, 1.54) is 0 Å². The highest BCUT2D eigenvalue weighted by Crippen LogP contribution is 2.13. The van der Waals surface area contributed by atoms with Crippen LogP contribution in [0.4, 0.5) is 0 Å². The van der Waals surface area contributed by atoms with E-state index in [0.29, 0.717) is 24.4 Å². The second-order valence-electron chi connectivity index (χ2n) is 5.26. The Labute approximate surface area is 118 Å². The smallest absolute Gasteiger partial charge is 0.248 e. The van der Waals surface area contributed by atoms with Crippen molar-refractivity contribution in [3.63, 3.8) is 0 Å². The van der Waals surface area contributed by atoms with Crippen molar-refractivity contribution in [1.29, 1.82) is 0 Å². The van der Waals surface area contributed by atoms with Crippen LogP contribution in [0.2, 0.25) is 0 Å². The molecule has 0 aromatic heterocycles. The van der Waals surface area contributed by atoms with Gasteiger partial charge in [0, 0.05) is 18.5 Å². The van der Waals surface area contributed by atoms with Crippen molar-refractivity contribution in [2.45, 2.75) is 25.8 Å². The SMILES string of the molecule is NC(=O)c1cccc(CNC(=O)CC2CCCNC2)c1. The molecule has 2 amide bonds. The average Bonchev–Trinajstić information content (AvgIpc) is 2.46. The third-order valence-corrected chi connectivity index (χ3v) is 3.57. The standard InChI is InChI=1S/C15H21N3O2/c16-15(20)13-5-1-3-11(7-13)10-18-14(19)8-12-4-2-6-17-9-12/h1,3,5,7,12,17H,2,4,6,8-10H2,(H2,16,20)(H,18,19). The largest absolute Gasteiger partial charge is 0.366 e. The number of amides is 2. The molecule has 1 aliphatic rings. The van der Waals surface area contributed by atoms with Crippen LogP contribution < -0.4 is 16.4 Å². The summed E-state index contributed by atoms with van der Waals surface area (Å²) in [6.07, 6.45) is 2.80. The Morgan fingerprint density at radius 1 is 1.40 bits per heavy atom. The van der Waals surface area contributed by atoms with E-state index >= 15 is 0 Å². The van der Waals surface area contributed by atoms with Gasteiger partial charge in [0.2, 0.25) is 11.8 Å². The predicted octanol–water partition coefficient (Wildman–Crippen LogP) is 0.791. The van der Waals surface area contributed by atoms with E-state index in [9.17, 15) is 9.59 Å². The maximum absolute atomic E-state index is 11.9. The molecule has 1 aromatic rings. The van der Waals surface area contributed by atoms with Gasteiger partial charge in [-0.2, -0.15) is 0 Å². The van der Waals surface area contributed by atoms with E-state index in [1.54, 1.807) is 18.2 Å². The number of nitrogens with two attached hydrogens (primary N) is 1. The number of nitrogens with one attached hydrogen (secondary N) is 2. The molecule has 0 saturated carbocycles. The van der Waals surface area contributed by atoms with Crippen LogP contribution in [0.1, 0.15) is 35.2 Å². The summed E-state index contributed by atoms with van der Waals surface area (Å²) >= 11 is 0. The van der Waals surface area contributed by atoms with Gasteiger partial charge in [-0.15, -0.1) is 0 Å². The summed E-state index contributed by atoms with van der Waals surface area (Å²) in [5.74, 6) is 0.0374. The molecule has 5 nitrogen and oxygen atoms in total. The second kappa shape index (κ2) is 7.05. The minimum atomic E-state index is -0.452. The highest BCUT2D eigenvalue weighted by molar-refractivity contribution is 5.92. The molecule has 1 aromatic carbocycles. The number of hydrogen-bond acceptors (Lipinski definition) is 3. The van der Waals surface area contributed by atoms with Gasteiger partial charge >= 0.3 is 0 Å². The Kier molecular flexibility index (Phi) is 5.12. The first-order valence-corrected chi connectivity index (χ1v) is 7.01. The molecule has 0 radical (unpaired) electrons. The molecule has 1 aliphatic heterocycles. The molecule has 108 valence electrons. The van der Waals surface area contributed by atoms with Crippen molar-refractivity contribution in [3.8, 4) is 0 Å². The Balaban J connectivity index is 1.80. The molecule has 1 unspecified atom stereocenters. The van der Waals surface area contributed by atoms with Gasteiger partial charge in [0.15, 0.2) is 0 Å². The number of primary amides is 1. The maximum Gasteiger partial charge on any atom is 0.248 e. The van der Waals surface area contributed by atoms with Crippen LogP contribution in [0, 0.1) is 5.92 Å². The Hall–Kier alpha value is -1.88. The predicted molar refractivity (Wildman–Crippen MR) is 77.0 cm³/mol. The molecule has 2 rings (SSSR count). The van der Waals surface area contributed by atoms with Crippen molar-refractivity contribution >= 4 is 11.8 Å². The molecule has 4 N–H and O–H groups in total. The molecule has 20 heavy (non-hydrogen) atoms. The van der Waals surface area contributed by atoms with E-state index in [4.69, 9.17) is 5.73 Å². The summed E-state index contributed by atoms with van der Waals surface area (Å²) in [4.78, 5) is 23.0. The van der Waals surface area contributed by atoms with Gasteiger partial charge in [0.25, 0.3) is 0 Å². The summed E-state index contributed by atoms with van der Waals surface area (Å²) in [5, 5.41) is 6.20. The minimum Gasteiger partial charge on any atom is -0.366 e. The first-order valence-electron chi connectivity index (χ1n) is 7.01. The van der Waals surface area contributed by atoms with Gasteiger partial charge < -0.3 is 16.4 Å². The quantitative estimate of drug-likeness (QED) is 0.743. The van der Waals surface area contributed by atoms with E-state index in [1.807, 2.05) is 6.07 Å². The molecular weight excluding hydrogens is 254 g/mol. The number of carbonyl (C=O) groups is 2. The Morgan fingerprint density at radius 2 is 2.25 bits per heavy atom. The van der Waals surface area contributed by atoms with E-state index < -0.39 is 5.91 Å². The number of rotatable bonds is 5. The lowest BCUT2D eigenvalue weighted by atomic mass is 9.96. The molecule has 1 fully saturated rings. The van der Waals surface area contributed by atoms with Crippen molar-refractivity contribution < 1.29 is 9.59 Å². The molecule has 1 saturated heterocycles. The molecule has 0 spiro atoms. The van der Waals surface area contributed by atoms with Crippen LogP contribution in [0.5, 0.6) is 0 Å². The van der Waals surface area contributed by atoms with Crippen molar-refractivity contribution in [1.82, 2.24) is 10.6 Å². The van der Waals surface area contributed by atoms with Gasteiger partial charge in [-0.3, -0.25) is 9.59 Å². The van der Waals surface area contributed by atoms with Crippen LogP contribution in [-0.2, 0) is 11.3 Å². The zero-order chi connectivity index (χ0) is 14.4. The van der Waals surface area contributed by atoms with Crippen molar-refractivity contribution in [3.05, 3.63) is 35.4 Å². The third kappa shape index (κ3) is 4.35. The molecular formula is C15H21N3O2.